The van der Waals surface area contributed by atoms with E-state index in [4.69, 9.17) is 9.47 Å². The van der Waals surface area contributed by atoms with E-state index >= 15 is 4.39 Å². The highest BCUT2D eigenvalue weighted by Crippen LogP contribution is 2.45. The summed E-state index contributed by atoms with van der Waals surface area (Å²) in [6.45, 7) is 7.03. The minimum atomic E-state index is -4.83. The summed E-state index contributed by atoms with van der Waals surface area (Å²) in [7, 11) is 0. The van der Waals surface area contributed by atoms with Crippen LogP contribution in [0.1, 0.15) is 58.4 Å². The molecule has 0 saturated carbocycles. The second-order valence-corrected chi connectivity index (χ2v) is 13.6. The van der Waals surface area contributed by atoms with Crippen LogP contribution < -0.4 is 9.64 Å². The number of aromatic nitrogens is 2. The van der Waals surface area contributed by atoms with Gasteiger partial charge in [0.2, 0.25) is 0 Å². The molecule has 230 valence electrons. The normalized spacial score (nSPS) is 28.1. The zero-order valence-corrected chi connectivity index (χ0v) is 25.2. The predicted octanol–water partition coefficient (Wildman–Crippen LogP) is 6.09. The quantitative estimate of drug-likeness (QED) is 0.367. The van der Waals surface area contributed by atoms with E-state index < -0.39 is 45.4 Å². The standard InChI is InChI=1S/C28H33BrF5N5O3/c1-26(2,3)42-25(40)37-12-16-5-6-17(13-37)39(16)23-18-9-19(28(32,33)34)20(29)21(31)22(18)35-24(36-23)41-14-27-7-4-8-38(27)11-15(30)10-27/h9,15-17H,4-8,10-14H2,1-3H3/t15-,16?,17?,27+/m1/s1. The Balaban J connectivity index is 1.39. The Hall–Kier alpha value is -2.48. The Kier molecular flexibility index (Phi) is 7.26. The van der Waals surface area contributed by atoms with Crippen LogP contribution in [-0.4, -0.2) is 88.0 Å². The van der Waals surface area contributed by atoms with Crippen molar-refractivity contribution in [2.24, 2.45) is 0 Å². The molecule has 4 saturated heterocycles. The Morgan fingerprint density at radius 2 is 1.83 bits per heavy atom. The molecule has 0 N–H and O–H groups in total. The molecule has 0 radical (unpaired) electrons. The molecule has 1 amide bonds. The third-order valence-corrected chi connectivity index (χ3v) is 9.52. The lowest BCUT2D eigenvalue weighted by molar-refractivity contribution is -0.138. The van der Waals surface area contributed by atoms with Crippen molar-refractivity contribution in [3.63, 3.8) is 0 Å². The monoisotopic (exact) mass is 661 g/mol. The van der Waals surface area contributed by atoms with Gasteiger partial charge in [-0.05, 0) is 75.0 Å². The molecule has 8 nitrogen and oxygen atoms in total. The summed E-state index contributed by atoms with van der Waals surface area (Å²) in [6, 6.07) is 0.118. The van der Waals surface area contributed by atoms with E-state index in [1.54, 1.807) is 25.7 Å². The molecular weight excluding hydrogens is 629 g/mol. The third kappa shape index (κ3) is 5.26. The number of piperazine rings is 1. The first-order valence-corrected chi connectivity index (χ1v) is 15.0. The number of carbonyl (C=O) groups is 1. The molecule has 1 aromatic carbocycles. The summed E-state index contributed by atoms with van der Waals surface area (Å²) in [5, 5.41) is -0.0941. The van der Waals surface area contributed by atoms with Crippen LogP contribution in [0.3, 0.4) is 0 Å². The van der Waals surface area contributed by atoms with Crippen LogP contribution in [0.25, 0.3) is 10.9 Å². The Morgan fingerprint density at radius 3 is 2.48 bits per heavy atom. The lowest BCUT2D eigenvalue weighted by atomic mass is 9.95. The Morgan fingerprint density at radius 1 is 1.14 bits per heavy atom. The zero-order chi connectivity index (χ0) is 30.2. The van der Waals surface area contributed by atoms with E-state index in [0.717, 1.165) is 25.5 Å². The van der Waals surface area contributed by atoms with Crippen molar-refractivity contribution in [1.29, 1.82) is 0 Å². The summed E-state index contributed by atoms with van der Waals surface area (Å²) in [5.41, 5.74) is -2.68. The van der Waals surface area contributed by atoms with E-state index in [9.17, 15) is 22.4 Å². The molecule has 0 aliphatic carbocycles. The highest BCUT2D eigenvalue weighted by Gasteiger charge is 2.50. The van der Waals surface area contributed by atoms with Crippen LogP contribution in [0.5, 0.6) is 6.01 Å². The lowest BCUT2D eigenvalue weighted by Gasteiger charge is -2.42. The van der Waals surface area contributed by atoms with Crippen LogP contribution in [0, 0.1) is 5.82 Å². The number of carbonyl (C=O) groups excluding carboxylic acids is 1. The molecule has 4 aliphatic rings. The van der Waals surface area contributed by atoms with E-state index in [1.165, 1.54) is 0 Å². The fourth-order valence-corrected chi connectivity index (χ4v) is 7.53. The SMILES string of the molecule is CC(C)(C)OC(=O)N1CC2CCC(C1)N2c1nc(OC[C@@]23CCCN2C[C@H](F)C3)nc2c(F)c(Br)c(C(F)(F)F)cc12. The fourth-order valence-electron chi connectivity index (χ4n) is 7.01. The predicted molar refractivity (Wildman–Crippen MR) is 148 cm³/mol. The number of anilines is 1. The average molecular weight is 662 g/mol. The van der Waals surface area contributed by atoms with Gasteiger partial charge in [0.15, 0.2) is 5.82 Å². The number of ether oxygens (including phenoxy) is 2. The second kappa shape index (κ2) is 10.3. The van der Waals surface area contributed by atoms with E-state index in [0.29, 0.717) is 25.8 Å². The topological polar surface area (TPSA) is 71.0 Å². The second-order valence-electron chi connectivity index (χ2n) is 12.8. The van der Waals surface area contributed by atoms with Crippen LogP contribution in [0.4, 0.5) is 32.6 Å². The number of hydrogen-bond donors (Lipinski definition) is 0. The third-order valence-electron chi connectivity index (χ3n) is 8.75. The van der Waals surface area contributed by atoms with Crippen molar-refractivity contribution in [3.8, 4) is 6.01 Å². The van der Waals surface area contributed by atoms with E-state index in [-0.39, 0.29) is 54.5 Å². The number of rotatable bonds is 4. The van der Waals surface area contributed by atoms with Gasteiger partial charge in [-0.2, -0.15) is 23.1 Å². The van der Waals surface area contributed by atoms with Crippen LogP contribution >= 0.6 is 15.9 Å². The van der Waals surface area contributed by atoms with Gasteiger partial charge >= 0.3 is 18.3 Å². The first kappa shape index (κ1) is 29.6. The van der Waals surface area contributed by atoms with E-state index in [1.807, 2.05) is 4.90 Å². The summed E-state index contributed by atoms with van der Waals surface area (Å²) in [5.74, 6) is -1.04. The average Bonchev–Trinajstić information content (AvgIpc) is 3.49. The number of hydrogen-bond acceptors (Lipinski definition) is 7. The van der Waals surface area contributed by atoms with Crippen molar-refractivity contribution in [2.45, 2.75) is 88.4 Å². The lowest BCUT2D eigenvalue weighted by Crippen LogP contribution is -2.56. The molecule has 2 aromatic rings. The molecule has 2 bridgehead atoms. The highest BCUT2D eigenvalue weighted by atomic mass is 79.9. The molecule has 14 heteroatoms. The maximum Gasteiger partial charge on any atom is 0.417 e. The number of benzene rings is 1. The van der Waals surface area contributed by atoms with Gasteiger partial charge in [-0.15, -0.1) is 0 Å². The van der Waals surface area contributed by atoms with Crippen molar-refractivity contribution < 1.29 is 36.2 Å². The Bertz CT molecular complexity index is 1390. The van der Waals surface area contributed by atoms with Gasteiger partial charge in [-0.1, -0.05) is 0 Å². The summed E-state index contributed by atoms with van der Waals surface area (Å²) in [6.07, 6.45) is -3.02. The number of nitrogens with zero attached hydrogens (tertiary/aromatic N) is 5. The van der Waals surface area contributed by atoms with Gasteiger partial charge < -0.3 is 19.3 Å². The molecular formula is C28H33BrF5N5O3. The smallest absolute Gasteiger partial charge is 0.417 e. The van der Waals surface area contributed by atoms with Crippen molar-refractivity contribution >= 4 is 38.7 Å². The van der Waals surface area contributed by atoms with E-state index in [2.05, 4.69) is 30.8 Å². The Labute approximate surface area is 248 Å². The maximum atomic E-state index is 15.6. The molecule has 42 heavy (non-hydrogen) atoms. The minimum absolute atomic E-state index is 0.0844. The maximum absolute atomic E-state index is 15.6. The number of amides is 1. The van der Waals surface area contributed by atoms with Gasteiger partial charge in [0.1, 0.15) is 29.7 Å². The van der Waals surface area contributed by atoms with Crippen molar-refractivity contribution in [3.05, 3.63) is 21.9 Å². The van der Waals surface area contributed by atoms with Crippen molar-refractivity contribution in [1.82, 2.24) is 19.8 Å². The summed E-state index contributed by atoms with van der Waals surface area (Å²) < 4.78 is 82.6. The first-order chi connectivity index (χ1) is 19.6. The van der Waals surface area contributed by atoms with Gasteiger partial charge in [0, 0.05) is 43.5 Å². The molecule has 2 unspecified atom stereocenters. The van der Waals surface area contributed by atoms with Gasteiger partial charge in [0.05, 0.1) is 15.6 Å². The number of fused-ring (bicyclic) bond motifs is 4. The number of likely N-dealkylation sites (tertiary alicyclic amines) is 1. The summed E-state index contributed by atoms with van der Waals surface area (Å²) in [4.78, 5) is 27.2. The number of halogens is 6. The molecule has 4 atom stereocenters. The van der Waals surface area contributed by atoms with Gasteiger partial charge in [-0.3, -0.25) is 4.90 Å². The number of alkyl halides is 4. The van der Waals surface area contributed by atoms with Gasteiger partial charge in [-0.25, -0.2) is 13.6 Å². The molecule has 6 rings (SSSR count). The molecule has 0 spiro atoms. The van der Waals surface area contributed by atoms with Gasteiger partial charge in [0.25, 0.3) is 0 Å². The fraction of sp³-hybridized carbons (Fsp3) is 0.679. The molecule has 1 aromatic heterocycles. The molecule has 5 heterocycles. The van der Waals surface area contributed by atoms with Crippen LogP contribution in [-0.2, 0) is 10.9 Å². The van der Waals surface area contributed by atoms with Crippen LogP contribution in [0.15, 0.2) is 10.5 Å². The minimum Gasteiger partial charge on any atom is -0.461 e. The van der Waals surface area contributed by atoms with Crippen molar-refractivity contribution in [2.75, 3.05) is 37.7 Å². The zero-order valence-electron chi connectivity index (χ0n) is 23.6. The van der Waals surface area contributed by atoms with Crippen LogP contribution in [0.2, 0.25) is 0 Å². The summed E-state index contributed by atoms with van der Waals surface area (Å²) >= 11 is 2.79. The largest absolute Gasteiger partial charge is 0.461 e. The molecule has 4 aliphatic heterocycles. The molecule has 4 fully saturated rings. The highest BCUT2D eigenvalue weighted by molar-refractivity contribution is 9.10. The first-order valence-electron chi connectivity index (χ1n) is 14.2.